The van der Waals surface area contributed by atoms with Gasteiger partial charge in [0.1, 0.15) is 0 Å². The van der Waals surface area contributed by atoms with Crippen LogP contribution >= 0.6 is 0 Å². The van der Waals surface area contributed by atoms with Crippen molar-refractivity contribution in [3.63, 3.8) is 0 Å². The van der Waals surface area contributed by atoms with Gasteiger partial charge in [0, 0.05) is 24.3 Å². The van der Waals surface area contributed by atoms with E-state index in [0.29, 0.717) is 6.54 Å². The van der Waals surface area contributed by atoms with E-state index in [-0.39, 0.29) is 0 Å². The van der Waals surface area contributed by atoms with Gasteiger partial charge in [0.25, 0.3) is 0 Å². The molecule has 3 nitrogen and oxygen atoms in total. The molecule has 1 aromatic heterocycles. The van der Waals surface area contributed by atoms with Crippen molar-refractivity contribution in [2.45, 2.75) is 46.7 Å². The first-order chi connectivity index (χ1) is 6.20. The minimum Gasteiger partial charge on any atom is -0.326 e. The molecule has 0 bridgehead atoms. The van der Waals surface area contributed by atoms with Gasteiger partial charge in [0.05, 0.1) is 5.69 Å². The summed E-state index contributed by atoms with van der Waals surface area (Å²) in [4.78, 5) is 0. The number of hydrogen-bond acceptors (Lipinski definition) is 2. The molecule has 0 spiro atoms. The first kappa shape index (κ1) is 10.3. The van der Waals surface area contributed by atoms with Gasteiger partial charge in [-0.1, -0.05) is 13.3 Å². The molecule has 2 N–H and O–H groups in total. The van der Waals surface area contributed by atoms with E-state index in [0.717, 1.165) is 12.2 Å². The quantitative estimate of drug-likeness (QED) is 0.769. The molecule has 13 heavy (non-hydrogen) atoms. The number of nitrogens with two attached hydrogens (primary N) is 1. The van der Waals surface area contributed by atoms with Crippen LogP contribution in [0.15, 0.2) is 0 Å². The van der Waals surface area contributed by atoms with Crippen LogP contribution in [0.2, 0.25) is 0 Å². The second-order valence-corrected chi connectivity index (χ2v) is 3.43. The van der Waals surface area contributed by atoms with Gasteiger partial charge in [-0.15, -0.1) is 0 Å². The summed E-state index contributed by atoms with van der Waals surface area (Å²) in [6, 6.07) is 0. The topological polar surface area (TPSA) is 43.8 Å². The first-order valence-corrected chi connectivity index (χ1v) is 4.93. The third-order valence-corrected chi connectivity index (χ3v) is 2.46. The number of unbranched alkanes of at least 4 members (excludes halogenated alkanes) is 1. The summed E-state index contributed by atoms with van der Waals surface area (Å²) in [5, 5.41) is 4.46. The predicted molar refractivity (Wildman–Crippen MR) is 54.5 cm³/mol. The summed E-state index contributed by atoms with van der Waals surface area (Å²) in [6.07, 6.45) is 2.39. The monoisotopic (exact) mass is 181 g/mol. The second-order valence-electron chi connectivity index (χ2n) is 3.43. The zero-order valence-electron chi connectivity index (χ0n) is 8.80. The molecule has 0 aromatic carbocycles. The Morgan fingerprint density at radius 3 is 2.54 bits per heavy atom. The van der Waals surface area contributed by atoms with E-state index in [2.05, 4.69) is 23.6 Å². The average Bonchev–Trinajstić information content (AvgIpc) is 2.38. The highest BCUT2D eigenvalue weighted by molar-refractivity contribution is 5.23. The zero-order valence-corrected chi connectivity index (χ0v) is 8.80. The SMILES string of the molecule is CCCCn1nc(C)c(CN)c1C. The van der Waals surface area contributed by atoms with Crippen molar-refractivity contribution in [1.82, 2.24) is 9.78 Å². The molecule has 0 unspecified atom stereocenters. The van der Waals surface area contributed by atoms with Crippen molar-refractivity contribution in [1.29, 1.82) is 0 Å². The summed E-state index contributed by atoms with van der Waals surface area (Å²) >= 11 is 0. The molecule has 0 aliphatic carbocycles. The molecule has 0 amide bonds. The van der Waals surface area contributed by atoms with Crippen LogP contribution in [0.25, 0.3) is 0 Å². The van der Waals surface area contributed by atoms with Crippen LogP contribution in [0.3, 0.4) is 0 Å². The Hall–Kier alpha value is -0.830. The standard InChI is InChI=1S/C10H19N3/c1-4-5-6-13-9(3)10(7-11)8(2)12-13/h4-7,11H2,1-3H3. The maximum atomic E-state index is 5.64. The van der Waals surface area contributed by atoms with Crippen molar-refractivity contribution in [2.24, 2.45) is 5.73 Å². The average molecular weight is 181 g/mol. The van der Waals surface area contributed by atoms with Gasteiger partial charge >= 0.3 is 0 Å². The van der Waals surface area contributed by atoms with Crippen molar-refractivity contribution in [3.8, 4) is 0 Å². The van der Waals surface area contributed by atoms with Crippen LogP contribution in [0, 0.1) is 13.8 Å². The van der Waals surface area contributed by atoms with Crippen LogP contribution in [0.5, 0.6) is 0 Å². The van der Waals surface area contributed by atoms with Crippen LogP contribution in [-0.2, 0) is 13.1 Å². The number of aromatic nitrogens is 2. The molecular weight excluding hydrogens is 162 g/mol. The fourth-order valence-corrected chi connectivity index (χ4v) is 1.56. The van der Waals surface area contributed by atoms with Crippen molar-refractivity contribution < 1.29 is 0 Å². The van der Waals surface area contributed by atoms with Crippen molar-refractivity contribution in [3.05, 3.63) is 17.0 Å². The summed E-state index contributed by atoms with van der Waals surface area (Å²) in [5.74, 6) is 0. The van der Waals surface area contributed by atoms with Gasteiger partial charge in [-0.3, -0.25) is 4.68 Å². The Balaban J connectivity index is 2.83. The normalized spacial score (nSPS) is 10.8. The third-order valence-electron chi connectivity index (χ3n) is 2.46. The number of rotatable bonds is 4. The van der Waals surface area contributed by atoms with Crippen LogP contribution in [-0.4, -0.2) is 9.78 Å². The lowest BCUT2D eigenvalue weighted by Gasteiger charge is -2.02. The lowest BCUT2D eigenvalue weighted by Crippen LogP contribution is -2.04. The van der Waals surface area contributed by atoms with E-state index in [4.69, 9.17) is 5.73 Å². The largest absolute Gasteiger partial charge is 0.326 e. The van der Waals surface area contributed by atoms with Gasteiger partial charge in [0.15, 0.2) is 0 Å². The molecule has 0 atom stereocenters. The van der Waals surface area contributed by atoms with E-state index in [1.54, 1.807) is 0 Å². The highest BCUT2D eigenvalue weighted by Crippen LogP contribution is 2.12. The molecule has 1 aromatic rings. The molecule has 0 aliphatic rings. The number of hydrogen-bond donors (Lipinski definition) is 1. The van der Waals surface area contributed by atoms with E-state index in [9.17, 15) is 0 Å². The zero-order chi connectivity index (χ0) is 9.84. The maximum Gasteiger partial charge on any atom is 0.0641 e. The summed E-state index contributed by atoms with van der Waals surface area (Å²) in [6.45, 7) is 7.93. The maximum absolute atomic E-state index is 5.64. The van der Waals surface area contributed by atoms with E-state index in [1.807, 2.05) is 6.92 Å². The van der Waals surface area contributed by atoms with Crippen LogP contribution in [0.4, 0.5) is 0 Å². The highest BCUT2D eigenvalue weighted by Gasteiger charge is 2.08. The van der Waals surface area contributed by atoms with E-state index >= 15 is 0 Å². The van der Waals surface area contributed by atoms with Crippen LogP contribution < -0.4 is 5.73 Å². The van der Waals surface area contributed by atoms with Gasteiger partial charge < -0.3 is 5.73 Å². The smallest absolute Gasteiger partial charge is 0.0641 e. The number of aryl methyl sites for hydroxylation is 2. The molecule has 1 rings (SSSR count). The van der Waals surface area contributed by atoms with Gasteiger partial charge in [-0.05, 0) is 20.3 Å². The fourth-order valence-electron chi connectivity index (χ4n) is 1.56. The van der Waals surface area contributed by atoms with E-state index < -0.39 is 0 Å². The molecular formula is C10H19N3. The van der Waals surface area contributed by atoms with Gasteiger partial charge in [-0.2, -0.15) is 5.10 Å². The Morgan fingerprint density at radius 2 is 2.08 bits per heavy atom. The van der Waals surface area contributed by atoms with E-state index in [1.165, 1.54) is 24.1 Å². The highest BCUT2D eigenvalue weighted by atomic mass is 15.3. The summed E-state index contributed by atoms with van der Waals surface area (Å²) in [7, 11) is 0. The summed E-state index contributed by atoms with van der Waals surface area (Å²) < 4.78 is 2.07. The lowest BCUT2D eigenvalue weighted by molar-refractivity contribution is 0.555. The molecule has 0 fully saturated rings. The fraction of sp³-hybridized carbons (Fsp3) is 0.700. The lowest BCUT2D eigenvalue weighted by atomic mass is 10.2. The van der Waals surface area contributed by atoms with Crippen LogP contribution in [0.1, 0.15) is 36.7 Å². The Bertz CT molecular complexity index is 276. The molecule has 0 saturated heterocycles. The summed E-state index contributed by atoms with van der Waals surface area (Å²) in [5.41, 5.74) is 9.15. The minimum absolute atomic E-state index is 0.601. The van der Waals surface area contributed by atoms with Gasteiger partial charge in [0.2, 0.25) is 0 Å². The third kappa shape index (κ3) is 2.10. The molecule has 74 valence electrons. The van der Waals surface area contributed by atoms with Gasteiger partial charge in [-0.25, -0.2) is 0 Å². The predicted octanol–water partition coefficient (Wildman–Crippen LogP) is 1.76. The second kappa shape index (κ2) is 4.42. The van der Waals surface area contributed by atoms with Crippen molar-refractivity contribution in [2.75, 3.05) is 0 Å². The Labute approximate surface area is 79.9 Å². The Morgan fingerprint density at radius 1 is 1.38 bits per heavy atom. The first-order valence-electron chi connectivity index (χ1n) is 4.93. The molecule has 0 aliphatic heterocycles. The molecule has 3 heteroatoms. The van der Waals surface area contributed by atoms with Crippen molar-refractivity contribution >= 4 is 0 Å². The number of nitrogens with zero attached hydrogens (tertiary/aromatic N) is 2. The molecule has 0 radical (unpaired) electrons. The molecule has 1 heterocycles. The molecule has 0 saturated carbocycles. The minimum atomic E-state index is 0.601. The Kier molecular flexibility index (Phi) is 3.48.